The number of aliphatic carboxylic acids is 2. The van der Waals surface area contributed by atoms with E-state index in [0.717, 1.165) is 4.90 Å². The Morgan fingerprint density at radius 3 is 2.21 bits per heavy atom. The molecule has 8 nitrogen and oxygen atoms in total. The summed E-state index contributed by atoms with van der Waals surface area (Å²) in [5.74, 6) is -2.62. The van der Waals surface area contributed by atoms with Crippen LogP contribution in [-0.2, 0) is 9.59 Å². The summed E-state index contributed by atoms with van der Waals surface area (Å²) in [5, 5.41) is 28.2. The lowest BCUT2D eigenvalue weighted by atomic mass is 10.2. The minimum absolute atomic E-state index is 0.151. The third kappa shape index (κ3) is 3.81. The molecule has 0 aliphatic carbocycles. The van der Waals surface area contributed by atoms with Crippen molar-refractivity contribution in [2.75, 3.05) is 18.0 Å². The topological polar surface area (TPSA) is 121 Å². The van der Waals surface area contributed by atoms with Crippen LogP contribution in [0.15, 0.2) is 18.2 Å². The second kappa shape index (κ2) is 6.01. The smallest absolute Gasteiger partial charge is 0.323 e. The highest BCUT2D eigenvalue weighted by atomic mass is 35.5. The minimum atomic E-state index is -1.31. The number of rotatable bonds is 6. The zero-order chi connectivity index (χ0) is 14.6. The highest BCUT2D eigenvalue weighted by molar-refractivity contribution is 6.33. The SMILES string of the molecule is O=C(O)CN(CC(=O)O)c1cccc(Cl)c1[N+](=O)[O-]. The Kier molecular flexibility index (Phi) is 4.65. The fourth-order valence-corrected chi connectivity index (χ4v) is 1.73. The fraction of sp³-hybridized carbons (Fsp3) is 0.200. The van der Waals surface area contributed by atoms with Crippen molar-refractivity contribution in [1.82, 2.24) is 0 Å². The highest BCUT2D eigenvalue weighted by Crippen LogP contribution is 2.34. The van der Waals surface area contributed by atoms with Crippen LogP contribution in [0.25, 0.3) is 0 Å². The molecule has 0 unspecified atom stereocenters. The van der Waals surface area contributed by atoms with E-state index in [-0.39, 0.29) is 10.7 Å². The number of hydrogen-bond donors (Lipinski definition) is 2. The molecule has 0 heterocycles. The van der Waals surface area contributed by atoms with Crippen molar-refractivity contribution in [3.05, 3.63) is 33.3 Å². The van der Waals surface area contributed by atoms with E-state index in [1.807, 2.05) is 0 Å². The summed E-state index contributed by atoms with van der Waals surface area (Å²) in [6.45, 7) is -1.37. The zero-order valence-corrected chi connectivity index (χ0v) is 10.2. The standard InChI is InChI=1S/C10H9ClN2O6/c11-6-2-1-3-7(10(6)13(18)19)12(4-8(14)15)5-9(16)17/h1-3H,4-5H2,(H,14,15)(H,16,17). The summed E-state index contributed by atoms with van der Waals surface area (Å²) in [6.07, 6.45) is 0. The van der Waals surface area contributed by atoms with Crippen LogP contribution in [0.2, 0.25) is 5.02 Å². The maximum atomic E-state index is 10.9. The molecule has 1 aromatic rings. The van der Waals surface area contributed by atoms with Gasteiger partial charge in [0.05, 0.1) is 4.92 Å². The summed E-state index contributed by atoms with van der Waals surface area (Å²) in [7, 11) is 0. The molecule has 0 spiro atoms. The lowest BCUT2D eigenvalue weighted by Crippen LogP contribution is -2.34. The van der Waals surface area contributed by atoms with E-state index in [1.54, 1.807) is 0 Å². The first-order valence-electron chi connectivity index (χ1n) is 4.94. The average Bonchev–Trinajstić information content (AvgIpc) is 2.25. The molecule has 1 aromatic carbocycles. The normalized spacial score (nSPS) is 9.95. The van der Waals surface area contributed by atoms with E-state index >= 15 is 0 Å². The van der Waals surface area contributed by atoms with E-state index in [1.165, 1.54) is 18.2 Å². The van der Waals surface area contributed by atoms with E-state index < -0.39 is 35.6 Å². The van der Waals surface area contributed by atoms with Gasteiger partial charge in [-0.3, -0.25) is 19.7 Å². The monoisotopic (exact) mass is 288 g/mol. The Bertz CT molecular complexity index is 517. The molecule has 1 rings (SSSR count). The second-order valence-electron chi connectivity index (χ2n) is 3.51. The zero-order valence-electron chi connectivity index (χ0n) is 9.45. The first-order chi connectivity index (χ1) is 8.82. The summed E-state index contributed by atoms with van der Waals surface area (Å²) in [6, 6.07) is 3.89. The number of hydrogen-bond acceptors (Lipinski definition) is 5. The minimum Gasteiger partial charge on any atom is -0.480 e. The van der Waals surface area contributed by atoms with Crippen molar-refractivity contribution in [3.8, 4) is 0 Å². The summed E-state index contributed by atoms with van der Waals surface area (Å²) < 4.78 is 0. The first kappa shape index (κ1) is 14.7. The predicted octanol–water partition coefficient (Wildman–Crippen LogP) is 1.22. The van der Waals surface area contributed by atoms with Crippen LogP contribution in [0.4, 0.5) is 11.4 Å². The summed E-state index contributed by atoms with van der Waals surface area (Å²) >= 11 is 5.68. The van der Waals surface area contributed by atoms with Gasteiger partial charge in [0.2, 0.25) is 0 Å². The predicted molar refractivity (Wildman–Crippen MR) is 65.6 cm³/mol. The third-order valence-corrected chi connectivity index (χ3v) is 2.45. The van der Waals surface area contributed by atoms with Gasteiger partial charge in [-0.15, -0.1) is 0 Å². The van der Waals surface area contributed by atoms with Gasteiger partial charge < -0.3 is 15.1 Å². The van der Waals surface area contributed by atoms with Crippen LogP contribution in [0.3, 0.4) is 0 Å². The number of carbonyl (C=O) groups is 2. The van der Waals surface area contributed by atoms with Gasteiger partial charge >= 0.3 is 17.6 Å². The van der Waals surface area contributed by atoms with Gasteiger partial charge in [-0.1, -0.05) is 17.7 Å². The second-order valence-corrected chi connectivity index (χ2v) is 3.92. The van der Waals surface area contributed by atoms with Crippen LogP contribution in [0.5, 0.6) is 0 Å². The van der Waals surface area contributed by atoms with Crippen molar-refractivity contribution >= 4 is 34.9 Å². The number of nitro benzene ring substituents is 1. The van der Waals surface area contributed by atoms with E-state index in [2.05, 4.69) is 0 Å². The molecule has 9 heteroatoms. The third-order valence-electron chi connectivity index (χ3n) is 2.14. The van der Waals surface area contributed by atoms with Gasteiger partial charge in [-0.25, -0.2) is 0 Å². The first-order valence-corrected chi connectivity index (χ1v) is 5.32. The van der Waals surface area contributed by atoms with E-state index in [4.69, 9.17) is 21.8 Å². The number of benzene rings is 1. The number of para-hydroxylation sites is 1. The lowest BCUT2D eigenvalue weighted by Gasteiger charge is -2.20. The Labute approximate surface area is 112 Å². The van der Waals surface area contributed by atoms with Crippen molar-refractivity contribution in [2.45, 2.75) is 0 Å². The van der Waals surface area contributed by atoms with Gasteiger partial charge in [0.1, 0.15) is 23.8 Å². The molecule has 0 saturated carbocycles. The molecule has 0 bridgehead atoms. The average molecular weight is 289 g/mol. The van der Waals surface area contributed by atoms with Gasteiger partial charge in [0.15, 0.2) is 0 Å². The van der Waals surface area contributed by atoms with Crippen molar-refractivity contribution in [2.24, 2.45) is 0 Å². The molecule has 0 saturated heterocycles. The molecule has 0 aromatic heterocycles. The Balaban J connectivity index is 3.28. The molecular weight excluding hydrogens is 280 g/mol. The highest BCUT2D eigenvalue weighted by Gasteiger charge is 2.25. The maximum Gasteiger partial charge on any atom is 0.323 e. The number of nitrogens with zero attached hydrogens (tertiary/aromatic N) is 2. The van der Waals surface area contributed by atoms with Gasteiger partial charge in [0, 0.05) is 0 Å². The van der Waals surface area contributed by atoms with Gasteiger partial charge in [-0.2, -0.15) is 0 Å². The maximum absolute atomic E-state index is 10.9. The Hall–Kier alpha value is -2.35. The van der Waals surface area contributed by atoms with Crippen molar-refractivity contribution in [3.63, 3.8) is 0 Å². The summed E-state index contributed by atoms with van der Waals surface area (Å²) in [5.41, 5.74) is -0.672. The number of carboxylic acid groups (broad SMARTS) is 2. The number of anilines is 1. The molecular formula is C10H9ClN2O6. The van der Waals surface area contributed by atoms with Crippen LogP contribution in [0, 0.1) is 10.1 Å². The number of nitro groups is 1. The van der Waals surface area contributed by atoms with Crippen molar-refractivity contribution in [1.29, 1.82) is 0 Å². The number of halogens is 1. The molecule has 0 radical (unpaired) electrons. The molecule has 2 N–H and O–H groups in total. The molecule has 0 aliphatic heterocycles. The Morgan fingerprint density at radius 1 is 1.26 bits per heavy atom. The largest absolute Gasteiger partial charge is 0.480 e. The van der Waals surface area contributed by atoms with Gasteiger partial charge in [-0.05, 0) is 12.1 Å². The van der Waals surface area contributed by atoms with Crippen LogP contribution in [0.1, 0.15) is 0 Å². The quantitative estimate of drug-likeness (QED) is 0.596. The Morgan fingerprint density at radius 2 is 1.79 bits per heavy atom. The molecule has 0 aliphatic rings. The van der Waals surface area contributed by atoms with Crippen LogP contribution >= 0.6 is 11.6 Å². The molecule has 102 valence electrons. The summed E-state index contributed by atoms with van der Waals surface area (Å²) in [4.78, 5) is 32.4. The van der Waals surface area contributed by atoms with E-state index in [0.29, 0.717) is 0 Å². The van der Waals surface area contributed by atoms with E-state index in [9.17, 15) is 19.7 Å². The lowest BCUT2D eigenvalue weighted by molar-refractivity contribution is -0.384. The fourth-order valence-electron chi connectivity index (χ4n) is 1.49. The van der Waals surface area contributed by atoms with Crippen LogP contribution < -0.4 is 4.90 Å². The molecule has 0 fully saturated rings. The molecule has 0 atom stereocenters. The number of carboxylic acids is 2. The van der Waals surface area contributed by atoms with Crippen LogP contribution in [-0.4, -0.2) is 40.2 Å². The molecule has 0 amide bonds. The van der Waals surface area contributed by atoms with Crippen molar-refractivity contribution < 1.29 is 24.7 Å². The van der Waals surface area contributed by atoms with Gasteiger partial charge in [0.25, 0.3) is 0 Å². The molecule has 19 heavy (non-hydrogen) atoms.